The van der Waals surface area contributed by atoms with Gasteiger partial charge in [0.25, 0.3) is 0 Å². The molecule has 0 unspecified atom stereocenters. The first kappa shape index (κ1) is 24.3. The molecule has 2 aliphatic carbocycles. The van der Waals surface area contributed by atoms with Crippen molar-refractivity contribution >= 4 is 33.6 Å². The Morgan fingerprint density at radius 1 is 0.852 bits per heavy atom. The molecule has 27 heavy (non-hydrogen) atoms. The van der Waals surface area contributed by atoms with Gasteiger partial charge < -0.3 is 0 Å². The molecule has 0 amide bonds. The molecular formula is C24H27Cl2Zr-. The van der Waals surface area contributed by atoms with E-state index in [0.717, 1.165) is 12.8 Å². The fourth-order valence-electron chi connectivity index (χ4n) is 3.61. The largest absolute Gasteiger partial charge is 0.147 e. The molecule has 142 valence electrons. The number of benzene rings is 2. The maximum Gasteiger partial charge on any atom is -0.147 e. The second kappa shape index (κ2) is 10.2. The Hall–Kier alpha value is -0.747. The normalized spacial score (nSPS) is 13.8. The summed E-state index contributed by atoms with van der Waals surface area (Å²) in [5.74, 6) is 0. The van der Waals surface area contributed by atoms with Crippen LogP contribution in [0.1, 0.15) is 57.7 Å². The number of fused-ring (bicyclic) bond motifs is 3. The van der Waals surface area contributed by atoms with Crippen molar-refractivity contribution in [2.45, 2.75) is 47.5 Å². The first-order valence-corrected chi connectivity index (χ1v) is 10.1. The summed E-state index contributed by atoms with van der Waals surface area (Å²) in [5, 5.41) is 0. The van der Waals surface area contributed by atoms with Crippen molar-refractivity contribution in [3.8, 4) is 11.1 Å². The van der Waals surface area contributed by atoms with Crippen LogP contribution in [0.5, 0.6) is 0 Å². The van der Waals surface area contributed by atoms with Crippen molar-refractivity contribution in [3.63, 3.8) is 0 Å². The standard InChI is InChI=1S/C21H19.C3H6.2ClH.Zr/c1-13-10-21(15(3)14(13)2)17-8-9-20-18(12-17)11-16-6-4-5-7-19(16)20;1-3-2;;;/h4-9H,10-11H2,1-3H3;1-2H3;2*1H;/q-1;;;;. The van der Waals surface area contributed by atoms with E-state index in [-0.39, 0.29) is 24.8 Å². The molecule has 0 N–H and O–H groups in total. The molecule has 2 aliphatic rings. The minimum Gasteiger partial charge on any atom is -0.147 e. The van der Waals surface area contributed by atoms with E-state index >= 15 is 0 Å². The number of halogens is 2. The fraction of sp³-hybridized carbons (Fsp3) is 0.292. The van der Waals surface area contributed by atoms with Gasteiger partial charge in [0.2, 0.25) is 0 Å². The molecule has 0 radical (unpaired) electrons. The van der Waals surface area contributed by atoms with Crippen LogP contribution in [0, 0.1) is 6.07 Å². The van der Waals surface area contributed by atoms with E-state index in [0.29, 0.717) is 0 Å². The van der Waals surface area contributed by atoms with E-state index in [1.54, 1.807) is 24.2 Å². The van der Waals surface area contributed by atoms with Crippen LogP contribution in [0.4, 0.5) is 0 Å². The third kappa shape index (κ3) is 5.20. The number of hydrogen-bond donors (Lipinski definition) is 0. The molecule has 0 aromatic heterocycles. The minimum absolute atomic E-state index is 0. The zero-order valence-electron chi connectivity index (χ0n) is 16.7. The van der Waals surface area contributed by atoms with Crippen LogP contribution < -0.4 is 0 Å². The second-order valence-electron chi connectivity index (χ2n) is 7.28. The van der Waals surface area contributed by atoms with Gasteiger partial charge in [0.15, 0.2) is 0 Å². The molecule has 0 nitrogen and oxygen atoms in total. The van der Waals surface area contributed by atoms with E-state index in [2.05, 4.69) is 77.1 Å². The Labute approximate surface area is 191 Å². The summed E-state index contributed by atoms with van der Waals surface area (Å²) in [4.78, 5) is 0. The second-order valence-corrected chi connectivity index (χ2v) is 9.74. The first-order chi connectivity index (χ1) is 11.9. The van der Waals surface area contributed by atoms with Gasteiger partial charge in [-0.05, 0) is 39.2 Å². The molecule has 0 spiro atoms. The smallest absolute Gasteiger partial charge is 0.147 e. The van der Waals surface area contributed by atoms with Crippen LogP contribution in [0.25, 0.3) is 16.7 Å². The zero-order chi connectivity index (χ0) is 18.1. The minimum atomic E-state index is 0. The van der Waals surface area contributed by atoms with Gasteiger partial charge in [-0.3, -0.25) is 0 Å². The molecule has 4 rings (SSSR count). The van der Waals surface area contributed by atoms with Crippen molar-refractivity contribution < 1.29 is 24.2 Å². The summed E-state index contributed by atoms with van der Waals surface area (Å²) in [6.07, 6.45) is 2.11. The van der Waals surface area contributed by atoms with E-state index in [1.165, 1.54) is 53.3 Å². The van der Waals surface area contributed by atoms with E-state index < -0.39 is 0 Å². The monoisotopic (exact) mass is 475 g/mol. The summed E-state index contributed by atoms with van der Waals surface area (Å²) in [5.41, 5.74) is 12.7. The molecule has 3 heteroatoms. The molecule has 0 saturated heterocycles. The quantitative estimate of drug-likeness (QED) is 0.326. The van der Waals surface area contributed by atoms with Crippen LogP contribution in [-0.4, -0.2) is 3.21 Å². The molecule has 0 heterocycles. The van der Waals surface area contributed by atoms with Gasteiger partial charge >= 0.3 is 41.3 Å². The summed E-state index contributed by atoms with van der Waals surface area (Å²) < 4.78 is 1.51. The van der Waals surface area contributed by atoms with Gasteiger partial charge in [-0.25, -0.2) is 0 Å². The van der Waals surface area contributed by atoms with Crippen molar-refractivity contribution in [2.24, 2.45) is 0 Å². The Kier molecular flexibility index (Phi) is 9.13. The third-order valence-corrected chi connectivity index (χ3v) is 5.12. The maximum atomic E-state index is 3.70. The number of allylic oxidation sites excluding steroid dienone is 4. The fourth-order valence-corrected chi connectivity index (χ4v) is 3.61. The van der Waals surface area contributed by atoms with Gasteiger partial charge in [-0.1, -0.05) is 52.1 Å². The average molecular weight is 478 g/mol. The topological polar surface area (TPSA) is 0 Å². The van der Waals surface area contributed by atoms with E-state index in [1.807, 2.05) is 0 Å². The predicted octanol–water partition coefficient (Wildman–Crippen LogP) is 7.16. The molecule has 2 aromatic rings. The summed E-state index contributed by atoms with van der Waals surface area (Å²) in [6.45, 7) is 11.0. The Balaban J connectivity index is 0.000000558. The van der Waals surface area contributed by atoms with Crippen LogP contribution in [-0.2, 0) is 30.7 Å². The third-order valence-electron chi connectivity index (χ3n) is 5.12. The van der Waals surface area contributed by atoms with Gasteiger partial charge in [0.05, 0.1) is 0 Å². The molecular weight excluding hydrogens is 450 g/mol. The predicted molar refractivity (Wildman–Crippen MR) is 120 cm³/mol. The van der Waals surface area contributed by atoms with Crippen molar-refractivity contribution in [2.75, 3.05) is 0 Å². The molecule has 0 aliphatic heterocycles. The zero-order valence-corrected chi connectivity index (χ0v) is 20.8. The maximum absolute atomic E-state index is 3.70. The van der Waals surface area contributed by atoms with Gasteiger partial charge in [0.1, 0.15) is 0 Å². The molecule has 0 fully saturated rings. The Morgan fingerprint density at radius 3 is 2.07 bits per heavy atom. The van der Waals surface area contributed by atoms with Gasteiger partial charge in [-0.2, -0.15) is 0 Å². The Bertz CT molecular complexity index is 916. The van der Waals surface area contributed by atoms with Crippen molar-refractivity contribution in [3.05, 3.63) is 75.9 Å². The SMILES string of the molecule is CC1=C(C)C(C)=C(c2[c-]c3c(cc2)-c2ccccc2C3)C1.C[C](C)=[Zr].Cl.Cl. The van der Waals surface area contributed by atoms with Crippen LogP contribution >= 0.6 is 24.8 Å². The van der Waals surface area contributed by atoms with E-state index in [9.17, 15) is 0 Å². The average Bonchev–Trinajstić information content (AvgIpc) is 3.06. The molecule has 0 bridgehead atoms. The number of rotatable bonds is 1. The molecule has 2 aromatic carbocycles. The summed E-state index contributed by atoms with van der Waals surface area (Å²) in [6, 6.07) is 17.0. The molecule has 0 saturated carbocycles. The van der Waals surface area contributed by atoms with Crippen molar-refractivity contribution in [1.82, 2.24) is 0 Å². The van der Waals surface area contributed by atoms with Crippen LogP contribution in [0.2, 0.25) is 0 Å². The first-order valence-electron chi connectivity index (χ1n) is 8.90. The van der Waals surface area contributed by atoms with Crippen LogP contribution in [0.3, 0.4) is 0 Å². The van der Waals surface area contributed by atoms with Gasteiger partial charge in [0, 0.05) is 0 Å². The van der Waals surface area contributed by atoms with Crippen molar-refractivity contribution in [1.29, 1.82) is 0 Å². The molecule has 0 atom stereocenters. The Morgan fingerprint density at radius 2 is 1.48 bits per heavy atom. The van der Waals surface area contributed by atoms with Crippen LogP contribution in [0.15, 0.2) is 53.1 Å². The summed E-state index contributed by atoms with van der Waals surface area (Å²) >= 11 is 1.55. The number of hydrogen-bond acceptors (Lipinski definition) is 0. The van der Waals surface area contributed by atoms with E-state index in [4.69, 9.17) is 0 Å². The van der Waals surface area contributed by atoms with Gasteiger partial charge in [-0.15, -0.1) is 59.7 Å². The summed E-state index contributed by atoms with van der Waals surface area (Å²) in [7, 11) is 0.